The zero-order valence-electron chi connectivity index (χ0n) is 12.2. The molecule has 0 amide bonds. The third-order valence-corrected chi connectivity index (χ3v) is 4.13. The van der Waals surface area contributed by atoms with E-state index >= 15 is 0 Å². The third-order valence-electron chi connectivity index (χ3n) is 3.58. The van der Waals surface area contributed by atoms with Gasteiger partial charge in [-0.1, -0.05) is 83.9 Å². The van der Waals surface area contributed by atoms with E-state index in [0.29, 0.717) is 18.7 Å². The number of hydrogen-bond acceptors (Lipinski definition) is 2. The standard InChI is InChI=1S/C18H14Cl2N2O/c19-16-15(11-13-7-3-1-4-8-13)22(18(23)17(20)21-16)12-14-9-5-2-6-10-14/h1-10H,11-12H2. The third kappa shape index (κ3) is 3.63. The Bertz CT molecular complexity index is 861. The second kappa shape index (κ2) is 6.99. The van der Waals surface area contributed by atoms with Crippen molar-refractivity contribution in [3.05, 3.63) is 98.1 Å². The van der Waals surface area contributed by atoms with Crippen molar-refractivity contribution in [2.45, 2.75) is 13.0 Å². The van der Waals surface area contributed by atoms with E-state index in [1.54, 1.807) is 4.57 Å². The van der Waals surface area contributed by atoms with Gasteiger partial charge >= 0.3 is 0 Å². The lowest BCUT2D eigenvalue weighted by Gasteiger charge is -2.15. The van der Waals surface area contributed by atoms with E-state index < -0.39 is 0 Å². The highest BCUT2D eigenvalue weighted by Crippen LogP contribution is 2.19. The number of rotatable bonds is 4. The van der Waals surface area contributed by atoms with Crippen molar-refractivity contribution in [2.24, 2.45) is 0 Å². The van der Waals surface area contributed by atoms with Crippen LogP contribution < -0.4 is 5.56 Å². The molecule has 0 aliphatic carbocycles. The maximum atomic E-state index is 12.4. The first-order valence-corrected chi connectivity index (χ1v) is 7.93. The zero-order valence-corrected chi connectivity index (χ0v) is 13.8. The van der Waals surface area contributed by atoms with Gasteiger partial charge in [-0.3, -0.25) is 4.79 Å². The summed E-state index contributed by atoms with van der Waals surface area (Å²) in [5.74, 6) is 0. The van der Waals surface area contributed by atoms with Gasteiger partial charge in [0, 0.05) is 6.42 Å². The summed E-state index contributed by atoms with van der Waals surface area (Å²) in [6.45, 7) is 0.407. The predicted octanol–water partition coefficient (Wildman–Crippen LogP) is 4.19. The molecule has 0 aliphatic rings. The largest absolute Gasteiger partial charge is 0.302 e. The van der Waals surface area contributed by atoms with Crippen LogP contribution in [0, 0.1) is 0 Å². The molecule has 0 aliphatic heterocycles. The Labute approximate surface area is 144 Å². The molecule has 116 valence electrons. The molecule has 0 saturated heterocycles. The summed E-state index contributed by atoms with van der Waals surface area (Å²) in [6.07, 6.45) is 0.520. The summed E-state index contributed by atoms with van der Waals surface area (Å²) in [4.78, 5) is 16.4. The summed E-state index contributed by atoms with van der Waals surface area (Å²) >= 11 is 12.2. The fraction of sp³-hybridized carbons (Fsp3) is 0.111. The summed E-state index contributed by atoms with van der Waals surface area (Å²) in [5.41, 5.74) is 2.39. The van der Waals surface area contributed by atoms with Crippen LogP contribution in [0.15, 0.2) is 65.5 Å². The molecule has 3 nitrogen and oxygen atoms in total. The van der Waals surface area contributed by atoms with Crippen molar-refractivity contribution < 1.29 is 0 Å². The first-order chi connectivity index (χ1) is 11.1. The Morgan fingerprint density at radius 2 is 1.39 bits per heavy atom. The normalized spacial score (nSPS) is 10.7. The van der Waals surface area contributed by atoms with Crippen LogP contribution in [0.2, 0.25) is 10.3 Å². The molecular weight excluding hydrogens is 331 g/mol. The molecule has 5 heteroatoms. The molecule has 1 aromatic heterocycles. The topological polar surface area (TPSA) is 34.9 Å². The van der Waals surface area contributed by atoms with Crippen LogP contribution >= 0.6 is 23.2 Å². The van der Waals surface area contributed by atoms with Crippen LogP contribution in [0.1, 0.15) is 16.8 Å². The van der Waals surface area contributed by atoms with Gasteiger partial charge in [0.2, 0.25) is 0 Å². The predicted molar refractivity (Wildman–Crippen MR) is 93.3 cm³/mol. The number of benzene rings is 2. The maximum absolute atomic E-state index is 12.4. The SMILES string of the molecule is O=c1c(Cl)nc(Cl)c(Cc2ccccc2)n1Cc1ccccc1. The number of aromatic nitrogens is 2. The summed E-state index contributed by atoms with van der Waals surface area (Å²) in [5, 5.41) is 0.150. The van der Waals surface area contributed by atoms with E-state index in [0.717, 1.165) is 11.1 Å². The Morgan fingerprint density at radius 1 is 0.826 bits per heavy atom. The van der Waals surface area contributed by atoms with Gasteiger partial charge in [-0.05, 0) is 11.1 Å². The van der Waals surface area contributed by atoms with E-state index in [1.165, 1.54) is 0 Å². The lowest BCUT2D eigenvalue weighted by molar-refractivity contribution is 0.702. The van der Waals surface area contributed by atoms with E-state index in [1.807, 2.05) is 60.7 Å². The number of halogens is 2. The molecule has 0 unspecified atom stereocenters. The van der Waals surface area contributed by atoms with Gasteiger partial charge in [0.05, 0.1) is 12.2 Å². The molecule has 3 rings (SSSR count). The van der Waals surface area contributed by atoms with Crippen molar-refractivity contribution >= 4 is 23.2 Å². The quantitative estimate of drug-likeness (QED) is 0.711. The van der Waals surface area contributed by atoms with Gasteiger partial charge in [-0.25, -0.2) is 4.98 Å². The molecule has 0 radical (unpaired) electrons. The van der Waals surface area contributed by atoms with Crippen molar-refractivity contribution in [3.63, 3.8) is 0 Å². The lowest BCUT2D eigenvalue weighted by Crippen LogP contribution is -2.26. The highest BCUT2D eigenvalue weighted by atomic mass is 35.5. The van der Waals surface area contributed by atoms with Gasteiger partial charge in [0.15, 0.2) is 10.3 Å². The van der Waals surface area contributed by atoms with Gasteiger partial charge in [-0.2, -0.15) is 0 Å². The van der Waals surface area contributed by atoms with Crippen molar-refractivity contribution in [2.75, 3.05) is 0 Å². The van der Waals surface area contributed by atoms with E-state index in [9.17, 15) is 4.79 Å². The zero-order chi connectivity index (χ0) is 16.2. The molecule has 23 heavy (non-hydrogen) atoms. The fourth-order valence-corrected chi connectivity index (χ4v) is 2.92. The summed E-state index contributed by atoms with van der Waals surface area (Å²) < 4.78 is 1.60. The first-order valence-electron chi connectivity index (χ1n) is 7.17. The van der Waals surface area contributed by atoms with Crippen LogP contribution in [-0.2, 0) is 13.0 Å². The average Bonchev–Trinajstić information content (AvgIpc) is 2.58. The minimum absolute atomic E-state index is 0.109. The molecule has 0 bridgehead atoms. The van der Waals surface area contributed by atoms with Gasteiger partial charge in [-0.15, -0.1) is 0 Å². The molecule has 0 N–H and O–H groups in total. The molecule has 0 spiro atoms. The lowest BCUT2D eigenvalue weighted by atomic mass is 10.1. The second-order valence-corrected chi connectivity index (χ2v) is 5.90. The van der Waals surface area contributed by atoms with E-state index in [2.05, 4.69) is 4.98 Å². The molecule has 0 atom stereocenters. The van der Waals surface area contributed by atoms with E-state index in [4.69, 9.17) is 23.2 Å². The smallest absolute Gasteiger partial charge is 0.288 e. The Balaban J connectivity index is 2.07. The highest BCUT2D eigenvalue weighted by molar-refractivity contribution is 6.32. The molecule has 3 aromatic rings. The van der Waals surface area contributed by atoms with Gasteiger partial charge in [0.1, 0.15) is 0 Å². The monoisotopic (exact) mass is 344 g/mol. The molecule has 1 heterocycles. The number of nitrogens with zero attached hydrogens (tertiary/aromatic N) is 2. The Hall–Kier alpha value is -2.10. The molecular formula is C18H14Cl2N2O. The van der Waals surface area contributed by atoms with Crippen LogP contribution in [0.5, 0.6) is 0 Å². The van der Waals surface area contributed by atoms with Gasteiger partial charge < -0.3 is 4.57 Å². The Morgan fingerprint density at radius 3 is 2.00 bits per heavy atom. The van der Waals surface area contributed by atoms with Crippen molar-refractivity contribution in [1.29, 1.82) is 0 Å². The van der Waals surface area contributed by atoms with Crippen molar-refractivity contribution in [3.8, 4) is 0 Å². The molecule has 0 saturated carbocycles. The first kappa shape index (κ1) is 15.8. The second-order valence-electron chi connectivity index (χ2n) is 5.18. The van der Waals surface area contributed by atoms with Crippen LogP contribution in [0.25, 0.3) is 0 Å². The average molecular weight is 345 g/mol. The van der Waals surface area contributed by atoms with E-state index in [-0.39, 0.29) is 15.9 Å². The van der Waals surface area contributed by atoms with Gasteiger partial charge in [0.25, 0.3) is 5.56 Å². The van der Waals surface area contributed by atoms with Crippen LogP contribution in [0.4, 0.5) is 0 Å². The van der Waals surface area contributed by atoms with Crippen LogP contribution in [0.3, 0.4) is 0 Å². The molecule has 2 aromatic carbocycles. The molecule has 0 fully saturated rings. The van der Waals surface area contributed by atoms with Crippen molar-refractivity contribution in [1.82, 2.24) is 9.55 Å². The summed E-state index contributed by atoms with van der Waals surface area (Å²) in [7, 11) is 0. The summed E-state index contributed by atoms with van der Waals surface area (Å²) in [6, 6.07) is 19.5. The highest BCUT2D eigenvalue weighted by Gasteiger charge is 2.15. The minimum atomic E-state index is -0.328. The maximum Gasteiger partial charge on any atom is 0.288 e. The fourth-order valence-electron chi connectivity index (χ4n) is 2.43. The minimum Gasteiger partial charge on any atom is -0.302 e. The Kier molecular flexibility index (Phi) is 4.79. The van der Waals surface area contributed by atoms with Crippen LogP contribution in [-0.4, -0.2) is 9.55 Å². The number of hydrogen-bond donors (Lipinski definition) is 0.